The Morgan fingerprint density at radius 3 is 2.53 bits per heavy atom. The average Bonchev–Trinajstić information content (AvgIpc) is 2.91. The van der Waals surface area contributed by atoms with Crippen molar-refractivity contribution in [1.29, 1.82) is 5.26 Å². The molecule has 0 aromatic heterocycles. The molecule has 4 heteroatoms. The van der Waals surface area contributed by atoms with Crippen LogP contribution in [0.25, 0.3) is 0 Å². The molecule has 1 saturated heterocycles. The Kier molecular flexibility index (Phi) is 4.01. The lowest BCUT2D eigenvalue weighted by atomic mass is 9.86. The van der Waals surface area contributed by atoms with E-state index in [1.165, 1.54) is 0 Å². The van der Waals surface area contributed by atoms with Gasteiger partial charge < -0.3 is 9.64 Å². The maximum absolute atomic E-state index is 12.1. The number of hydrogen-bond acceptors (Lipinski definition) is 3. The highest BCUT2D eigenvalue weighted by Crippen LogP contribution is 2.27. The molecule has 2 aliphatic rings. The van der Waals surface area contributed by atoms with Crippen molar-refractivity contribution in [3.05, 3.63) is 0 Å². The quantitative estimate of drug-likeness (QED) is 0.733. The maximum Gasteiger partial charge on any atom is 0.251 e. The number of likely N-dealkylation sites (N-methyl/N-ethyl adjacent to an activating group) is 1. The van der Waals surface area contributed by atoms with Gasteiger partial charge in [-0.2, -0.15) is 5.26 Å². The minimum atomic E-state index is -0.214. The third-order valence-corrected chi connectivity index (χ3v) is 3.98. The average molecular weight is 236 g/mol. The highest BCUT2D eigenvalue weighted by Gasteiger charge is 2.32. The van der Waals surface area contributed by atoms with Crippen LogP contribution in [0.5, 0.6) is 0 Å². The Hall–Kier alpha value is -1.08. The van der Waals surface area contributed by atoms with Crippen LogP contribution in [0.4, 0.5) is 0 Å². The van der Waals surface area contributed by atoms with Crippen LogP contribution in [-0.4, -0.2) is 36.6 Å². The lowest BCUT2D eigenvalue weighted by Crippen LogP contribution is -2.44. The number of amides is 1. The Morgan fingerprint density at radius 1 is 1.29 bits per heavy atom. The fourth-order valence-electron chi connectivity index (χ4n) is 2.77. The zero-order chi connectivity index (χ0) is 12.3. The molecule has 0 radical (unpaired) electrons. The van der Waals surface area contributed by atoms with Crippen LogP contribution in [0, 0.1) is 17.2 Å². The van der Waals surface area contributed by atoms with Crippen LogP contribution in [0.15, 0.2) is 0 Å². The molecule has 1 saturated carbocycles. The first kappa shape index (κ1) is 12.4. The van der Waals surface area contributed by atoms with Gasteiger partial charge in [0.15, 0.2) is 0 Å². The predicted molar refractivity (Wildman–Crippen MR) is 63.1 cm³/mol. The van der Waals surface area contributed by atoms with Gasteiger partial charge >= 0.3 is 0 Å². The van der Waals surface area contributed by atoms with E-state index in [1.807, 2.05) is 11.9 Å². The number of carbonyl (C=O) groups is 1. The van der Waals surface area contributed by atoms with Crippen molar-refractivity contribution < 1.29 is 9.53 Å². The van der Waals surface area contributed by atoms with Gasteiger partial charge in [0.2, 0.25) is 0 Å². The molecule has 0 aromatic carbocycles. The summed E-state index contributed by atoms with van der Waals surface area (Å²) < 4.78 is 5.43. The van der Waals surface area contributed by atoms with Gasteiger partial charge in [0, 0.05) is 25.6 Å². The Morgan fingerprint density at radius 2 is 2.00 bits per heavy atom. The lowest BCUT2D eigenvalue weighted by molar-refractivity contribution is -0.142. The largest absolute Gasteiger partial charge is 0.368 e. The van der Waals surface area contributed by atoms with Gasteiger partial charge in [0.1, 0.15) is 6.10 Å². The van der Waals surface area contributed by atoms with Crippen molar-refractivity contribution in [1.82, 2.24) is 4.90 Å². The molecule has 0 aromatic rings. The van der Waals surface area contributed by atoms with Gasteiger partial charge in [-0.25, -0.2) is 0 Å². The summed E-state index contributed by atoms with van der Waals surface area (Å²) in [6, 6.07) is 2.62. The SMILES string of the molecule is CN(C(=O)C1CCCO1)C1CCC(C#N)CC1. The molecule has 4 nitrogen and oxygen atoms in total. The molecule has 2 rings (SSSR count). The van der Waals surface area contributed by atoms with Gasteiger partial charge in [0.25, 0.3) is 5.91 Å². The number of ether oxygens (including phenoxy) is 1. The van der Waals surface area contributed by atoms with Crippen molar-refractivity contribution >= 4 is 5.91 Å². The molecule has 17 heavy (non-hydrogen) atoms. The zero-order valence-corrected chi connectivity index (χ0v) is 10.4. The van der Waals surface area contributed by atoms with Crippen LogP contribution in [0.1, 0.15) is 38.5 Å². The number of hydrogen-bond donors (Lipinski definition) is 0. The summed E-state index contributed by atoms with van der Waals surface area (Å²) in [7, 11) is 1.88. The first-order valence-electron chi connectivity index (χ1n) is 6.50. The van der Waals surface area contributed by atoms with Gasteiger partial charge in [-0.05, 0) is 38.5 Å². The summed E-state index contributed by atoms with van der Waals surface area (Å²) in [5, 5.41) is 8.85. The van der Waals surface area contributed by atoms with E-state index in [-0.39, 0.29) is 17.9 Å². The maximum atomic E-state index is 12.1. The Bertz CT molecular complexity index is 310. The first-order chi connectivity index (χ1) is 8.22. The van der Waals surface area contributed by atoms with Gasteiger partial charge in [-0.15, -0.1) is 0 Å². The monoisotopic (exact) mass is 236 g/mol. The van der Waals surface area contributed by atoms with E-state index in [4.69, 9.17) is 10.00 Å². The molecule has 2 fully saturated rings. The Balaban J connectivity index is 1.85. The second-order valence-electron chi connectivity index (χ2n) is 5.09. The third kappa shape index (κ3) is 2.78. The molecule has 1 atom stereocenters. The summed E-state index contributed by atoms with van der Waals surface area (Å²) in [5.74, 6) is 0.320. The van der Waals surface area contributed by atoms with E-state index in [1.54, 1.807) is 0 Å². The molecule has 1 heterocycles. The van der Waals surface area contributed by atoms with Crippen LogP contribution in [-0.2, 0) is 9.53 Å². The summed E-state index contributed by atoms with van der Waals surface area (Å²) in [6.45, 7) is 0.714. The smallest absolute Gasteiger partial charge is 0.251 e. The third-order valence-electron chi connectivity index (χ3n) is 3.98. The molecular weight excluding hydrogens is 216 g/mol. The number of rotatable bonds is 2. The minimum absolute atomic E-state index is 0.128. The highest BCUT2D eigenvalue weighted by molar-refractivity contribution is 5.81. The summed E-state index contributed by atoms with van der Waals surface area (Å²) in [4.78, 5) is 14.0. The normalized spacial score (nSPS) is 33.1. The van der Waals surface area contributed by atoms with Gasteiger partial charge in [-0.1, -0.05) is 0 Å². The molecular formula is C13H20N2O2. The lowest BCUT2D eigenvalue weighted by Gasteiger charge is -2.34. The standard InChI is InChI=1S/C13H20N2O2/c1-15(13(16)12-3-2-8-17-12)11-6-4-10(9-14)5-7-11/h10-12H,2-8H2,1H3. The fraction of sp³-hybridized carbons (Fsp3) is 0.846. The van der Waals surface area contributed by atoms with Crippen LogP contribution in [0.3, 0.4) is 0 Å². The number of carbonyl (C=O) groups excluding carboxylic acids is 1. The van der Waals surface area contributed by atoms with Gasteiger partial charge in [0.05, 0.1) is 6.07 Å². The van der Waals surface area contributed by atoms with Crippen LogP contribution >= 0.6 is 0 Å². The van der Waals surface area contributed by atoms with Crippen molar-refractivity contribution in [2.24, 2.45) is 5.92 Å². The van der Waals surface area contributed by atoms with Crippen molar-refractivity contribution in [2.75, 3.05) is 13.7 Å². The molecule has 0 bridgehead atoms. The van der Waals surface area contributed by atoms with E-state index >= 15 is 0 Å². The second-order valence-corrected chi connectivity index (χ2v) is 5.09. The van der Waals surface area contributed by atoms with E-state index in [2.05, 4.69) is 6.07 Å². The first-order valence-corrected chi connectivity index (χ1v) is 6.50. The molecule has 1 aliphatic carbocycles. The molecule has 94 valence electrons. The van der Waals surface area contributed by atoms with Crippen molar-refractivity contribution in [3.63, 3.8) is 0 Å². The van der Waals surface area contributed by atoms with Crippen LogP contribution < -0.4 is 0 Å². The minimum Gasteiger partial charge on any atom is -0.368 e. The topological polar surface area (TPSA) is 53.3 Å². The van der Waals surface area contributed by atoms with Crippen molar-refractivity contribution in [3.8, 4) is 6.07 Å². The van der Waals surface area contributed by atoms with Gasteiger partial charge in [-0.3, -0.25) is 4.79 Å². The molecule has 1 unspecified atom stereocenters. The van der Waals surface area contributed by atoms with E-state index in [9.17, 15) is 4.79 Å². The molecule has 0 spiro atoms. The van der Waals surface area contributed by atoms with E-state index in [0.29, 0.717) is 12.6 Å². The van der Waals surface area contributed by atoms with E-state index < -0.39 is 0 Å². The van der Waals surface area contributed by atoms with Crippen molar-refractivity contribution in [2.45, 2.75) is 50.7 Å². The fourth-order valence-corrected chi connectivity index (χ4v) is 2.77. The second kappa shape index (κ2) is 5.50. The van der Waals surface area contributed by atoms with E-state index in [0.717, 1.165) is 38.5 Å². The molecule has 0 N–H and O–H groups in total. The molecule has 1 aliphatic heterocycles. The van der Waals surface area contributed by atoms with Crippen LogP contribution in [0.2, 0.25) is 0 Å². The summed E-state index contributed by atoms with van der Waals surface area (Å²) in [5.41, 5.74) is 0. The zero-order valence-electron chi connectivity index (χ0n) is 10.4. The summed E-state index contributed by atoms with van der Waals surface area (Å²) >= 11 is 0. The Labute approximate surface area is 103 Å². The molecule has 1 amide bonds. The highest BCUT2D eigenvalue weighted by atomic mass is 16.5. The number of nitriles is 1. The summed E-state index contributed by atoms with van der Waals surface area (Å²) in [6.07, 6.45) is 5.38. The number of nitrogens with zero attached hydrogens (tertiary/aromatic N) is 2. The predicted octanol–water partition coefficient (Wildman–Crippen LogP) is 1.71.